The summed E-state index contributed by atoms with van der Waals surface area (Å²) in [6, 6.07) is 7.68. The number of benzene rings is 1. The van der Waals surface area contributed by atoms with Gasteiger partial charge in [-0.05, 0) is 24.1 Å². The third kappa shape index (κ3) is 4.29. The van der Waals surface area contributed by atoms with Crippen LogP contribution in [0.4, 0.5) is 0 Å². The molecular weight excluding hydrogens is 347 g/mol. The van der Waals surface area contributed by atoms with E-state index in [1.165, 1.54) is 0 Å². The van der Waals surface area contributed by atoms with E-state index in [1.54, 1.807) is 6.20 Å². The number of nitrogens with zero attached hydrogens (tertiary/aromatic N) is 3. The molecule has 0 radical (unpaired) electrons. The summed E-state index contributed by atoms with van der Waals surface area (Å²) in [5.74, 6) is 1.10. The molecule has 0 spiro atoms. The van der Waals surface area contributed by atoms with E-state index in [4.69, 9.17) is 11.6 Å². The van der Waals surface area contributed by atoms with Crippen LogP contribution in [0.2, 0.25) is 5.02 Å². The molecule has 2 heterocycles. The lowest BCUT2D eigenvalue weighted by atomic mass is 10.1. The average molecular weight is 369 g/mol. The summed E-state index contributed by atoms with van der Waals surface area (Å²) < 4.78 is 1.98. The standard InChI is InChI=1S/C17H21ClN4O.ClH/c1-21-10-9-20-17(21)15-12-19-8-11-22(15)16(23)7-4-13-2-5-14(18)6-3-13;/h2-3,5-6,9-10,15,19H,4,7-8,11-12H2,1H3;1H. The van der Waals surface area contributed by atoms with Gasteiger partial charge in [-0.2, -0.15) is 0 Å². The molecule has 0 bridgehead atoms. The second-order valence-electron chi connectivity index (χ2n) is 5.83. The SMILES string of the molecule is Cl.Cn1ccnc1C1CNCCN1C(=O)CCc1ccc(Cl)cc1. The molecule has 7 heteroatoms. The number of aromatic nitrogens is 2. The van der Waals surface area contributed by atoms with Crippen molar-refractivity contribution < 1.29 is 4.79 Å². The number of aryl methyl sites for hydroxylation is 2. The Hall–Kier alpha value is -1.56. The quantitative estimate of drug-likeness (QED) is 0.902. The predicted octanol–water partition coefficient (Wildman–Crippen LogP) is 2.60. The molecule has 24 heavy (non-hydrogen) atoms. The minimum absolute atomic E-state index is 0. The molecule has 1 N–H and O–H groups in total. The molecular formula is C17H22Cl2N4O. The van der Waals surface area contributed by atoms with Gasteiger partial charge in [0.15, 0.2) is 0 Å². The van der Waals surface area contributed by atoms with Crippen molar-refractivity contribution >= 4 is 29.9 Å². The van der Waals surface area contributed by atoms with E-state index in [1.807, 2.05) is 47.0 Å². The fourth-order valence-electron chi connectivity index (χ4n) is 2.98. The number of carbonyl (C=O) groups excluding carboxylic acids is 1. The maximum absolute atomic E-state index is 12.7. The van der Waals surface area contributed by atoms with Crippen LogP contribution in [-0.4, -0.2) is 40.0 Å². The van der Waals surface area contributed by atoms with Gasteiger partial charge in [0.05, 0.1) is 0 Å². The first-order valence-electron chi connectivity index (χ1n) is 7.87. The summed E-state index contributed by atoms with van der Waals surface area (Å²) in [5.41, 5.74) is 1.13. The summed E-state index contributed by atoms with van der Waals surface area (Å²) in [4.78, 5) is 19.1. The van der Waals surface area contributed by atoms with Crippen LogP contribution in [0.1, 0.15) is 23.9 Å². The highest BCUT2D eigenvalue weighted by Crippen LogP contribution is 2.22. The molecule has 3 rings (SSSR count). The largest absolute Gasteiger partial charge is 0.336 e. The Kier molecular flexibility index (Phi) is 6.66. The molecule has 5 nitrogen and oxygen atoms in total. The Labute approximate surface area is 153 Å². The van der Waals surface area contributed by atoms with E-state index in [9.17, 15) is 4.79 Å². The van der Waals surface area contributed by atoms with Crippen LogP contribution in [-0.2, 0) is 18.3 Å². The van der Waals surface area contributed by atoms with Crippen molar-refractivity contribution in [2.75, 3.05) is 19.6 Å². The highest BCUT2D eigenvalue weighted by atomic mass is 35.5. The number of halogens is 2. The van der Waals surface area contributed by atoms with E-state index in [0.717, 1.165) is 42.5 Å². The third-order valence-corrected chi connectivity index (χ3v) is 4.51. The van der Waals surface area contributed by atoms with Crippen molar-refractivity contribution in [1.29, 1.82) is 0 Å². The molecule has 0 aliphatic carbocycles. The van der Waals surface area contributed by atoms with Gasteiger partial charge < -0.3 is 14.8 Å². The second kappa shape index (κ2) is 8.51. The number of amides is 1. The van der Waals surface area contributed by atoms with Crippen LogP contribution in [0.25, 0.3) is 0 Å². The summed E-state index contributed by atoms with van der Waals surface area (Å²) in [7, 11) is 1.97. The zero-order valence-electron chi connectivity index (χ0n) is 13.6. The topological polar surface area (TPSA) is 50.2 Å². The Balaban J connectivity index is 0.00000208. The Morgan fingerprint density at radius 1 is 1.38 bits per heavy atom. The highest BCUT2D eigenvalue weighted by Gasteiger charge is 2.29. The summed E-state index contributed by atoms with van der Waals surface area (Å²) in [6.07, 6.45) is 4.93. The van der Waals surface area contributed by atoms with Crippen molar-refractivity contribution in [2.45, 2.75) is 18.9 Å². The van der Waals surface area contributed by atoms with Gasteiger partial charge in [0.25, 0.3) is 0 Å². The van der Waals surface area contributed by atoms with Gasteiger partial charge >= 0.3 is 0 Å². The van der Waals surface area contributed by atoms with Gasteiger partial charge in [-0.1, -0.05) is 23.7 Å². The molecule has 1 aliphatic rings. The van der Waals surface area contributed by atoms with Crippen LogP contribution in [0.3, 0.4) is 0 Å². The van der Waals surface area contributed by atoms with E-state index in [2.05, 4.69) is 10.3 Å². The van der Waals surface area contributed by atoms with Crippen LogP contribution in [0.5, 0.6) is 0 Å². The van der Waals surface area contributed by atoms with Crippen LogP contribution < -0.4 is 5.32 Å². The zero-order valence-corrected chi connectivity index (χ0v) is 15.2. The van der Waals surface area contributed by atoms with Crippen molar-refractivity contribution in [1.82, 2.24) is 19.8 Å². The number of imidazole rings is 1. The molecule has 1 aliphatic heterocycles. The van der Waals surface area contributed by atoms with Crippen molar-refractivity contribution in [2.24, 2.45) is 7.05 Å². The maximum Gasteiger partial charge on any atom is 0.223 e. The molecule has 1 aromatic carbocycles. The van der Waals surface area contributed by atoms with Crippen molar-refractivity contribution in [3.8, 4) is 0 Å². The molecule has 0 saturated carbocycles. The Bertz CT molecular complexity index is 671. The van der Waals surface area contributed by atoms with E-state index in [0.29, 0.717) is 6.42 Å². The number of carbonyl (C=O) groups is 1. The van der Waals surface area contributed by atoms with E-state index in [-0.39, 0.29) is 24.4 Å². The molecule has 1 fully saturated rings. The Morgan fingerprint density at radius 3 is 2.79 bits per heavy atom. The number of hydrogen-bond donors (Lipinski definition) is 1. The molecule has 2 aromatic rings. The molecule has 1 saturated heterocycles. The van der Waals surface area contributed by atoms with Gasteiger partial charge in [-0.15, -0.1) is 12.4 Å². The van der Waals surface area contributed by atoms with Crippen LogP contribution in [0, 0.1) is 0 Å². The second-order valence-corrected chi connectivity index (χ2v) is 6.27. The monoisotopic (exact) mass is 368 g/mol. The molecule has 1 amide bonds. The first-order chi connectivity index (χ1) is 11.1. The smallest absolute Gasteiger partial charge is 0.223 e. The van der Waals surface area contributed by atoms with Gasteiger partial charge in [0.2, 0.25) is 5.91 Å². The summed E-state index contributed by atoms with van der Waals surface area (Å²) >= 11 is 5.90. The zero-order chi connectivity index (χ0) is 16.2. The molecule has 1 atom stereocenters. The minimum Gasteiger partial charge on any atom is -0.336 e. The normalized spacial score (nSPS) is 17.4. The third-order valence-electron chi connectivity index (χ3n) is 4.26. The number of hydrogen-bond acceptors (Lipinski definition) is 3. The lowest BCUT2D eigenvalue weighted by molar-refractivity contribution is -0.134. The number of piperazine rings is 1. The van der Waals surface area contributed by atoms with Crippen LogP contribution in [0.15, 0.2) is 36.7 Å². The van der Waals surface area contributed by atoms with E-state index >= 15 is 0 Å². The molecule has 1 aromatic heterocycles. The fraction of sp³-hybridized carbons (Fsp3) is 0.412. The first kappa shape index (κ1) is 18.8. The number of rotatable bonds is 4. The minimum atomic E-state index is 0. The average Bonchev–Trinajstić information content (AvgIpc) is 3.00. The lowest BCUT2D eigenvalue weighted by Crippen LogP contribution is -2.49. The van der Waals surface area contributed by atoms with Crippen molar-refractivity contribution in [3.05, 3.63) is 53.1 Å². The highest BCUT2D eigenvalue weighted by molar-refractivity contribution is 6.30. The van der Waals surface area contributed by atoms with Gasteiger partial charge in [-0.3, -0.25) is 4.79 Å². The van der Waals surface area contributed by atoms with Crippen molar-refractivity contribution in [3.63, 3.8) is 0 Å². The fourth-order valence-corrected chi connectivity index (χ4v) is 3.10. The number of nitrogens with one attached hydrogen (secondary N) is 1. The first-order valence-corrected chi connectivity index (χ1v) is 8.25. The van der Waals surface area contributed by atoms with Gasteiger partial charge in [0, 0.05) is 50.5 Å². The maximum atomic E-state index is 12.7. The molecule has 1 unspecified atom stereocenters. The lowest BCUT2D eigenvalue weighted by Gasteiger charge is -2.35. The predicted molar refractivity (Wildman–Crippen MR) is 97.6 cm³/mol. The van der Waals surface area contributed by atoms with E-state index < -0.39 is 0 Å². The van der Waals surface area contributed by atoms with Gasteiger partial charge in [0.1, 0.15) is 11.9 Å². The Morgan fingerprint density at radius 2 is 2.12 bits per heavy atom. The van der Waals surface area contributed by atoms with Crippen LogP contribution >= 0.6 is 24.0 Å². The summed E-state index contributed by atoms with van der Waals surface area (Å²) in [6.45, 7) is 2.29. The summed E-state index contributed by atoms with van der Waals surface area (Å²) in [5, 5.41) is 4.07. The van der Waals surface area contributed by atoms with Gasteiger partial charge in [-0.25, -0.2) is 4.98 Å². The molecule has 130 valence electrons.